The van der Waals surface area contributed by atoms with Gasteiger partial charge in [-0.2, -0.15) is 0 Å². The molecule has 0 bridgehead atoms. The van der Waals surface area contributed by atoms with Crippen molar-refractivity contribution in [2.75, 3.05) is 0 Å². The Bertz CT molecular complexity index is 204. The summed E-state index contributed by atoms with van der Waals surface area (Å²) in [6, 6.07) is 0. The van der Waals surface area contributed by atoms with Gasteiger partial charge in [-0.15, -0.1) is 0 Å². The molecule has 0 aliphatic heterocycles. The van der Waals surface area contributed by atoms with Crippen LogP contribution in [0.15, 0.2) is 35.5 Å². The zero-order valence-electron chi connectivity index (χ0n) is 6.89. The molecule has 0 aromatic carbocycles. The smallest absolute Gasteiger partial charge is 0.000799 e. The van der Waals surface area contributed by atoms with Crippen LogP contribution in [0.25, 0.3) is 0 Å². The van der Waals surface area contributed by atoms with E-state index in [0.717, 1.165) is 0 Å². The summed E-state index contributed by atoms with van der Waals surface area (Å²) >= 11 is 0. The van der Waals surface area contributed by atoms with Crippen LogP contribution < -0.4 is 0 Å². The third-order valence-corrected chi connectivity index (χ3v) is 1.91. The van der Waals surface area contributed by atoms with Gasteiger partial charge in [-0.05, 0) is 25.3 Å². The average Bonchev–Trinajstić information content (AvgIpc) is 1.88. The lowest BCUT2D eigenvalue weighted by Crippen LogP contribution is -1.97. The molecule has 1 aliphatic carbocycles. The van der Waals surface area contributed by atoms with Crippen LogP contribution in [-0.4, -0.2) is 0 Å². The van der Waals surface area contributed by atoms with Crippen molar-refractivity contribution in [1.29, 1.82) is 0 Å². The molecule has 0 nitrogen and oxygen atoms in total. The second kappa shape index (κ2) is 2.87. The van der Waals surface area contributed by atoms with E-state index in [0.29, 0.717) is 5.92 Å². The van der Waals surface area contributed by atoms with Gasteiger partial charge in [-0.3, -0.25) is 0 Å². The minimum atomic E-state index is 0.606. The molecule has 1 atom stereocenters. The molecule has 0 saturated heterocycles. The highest BCUT2D eigenvalue weighted by atomic mass is 14.1. The van der Waals surface area contributed by atoms with Gasteiger partial charge in [0.05, 0.1) is 0 Å². The lowest BCUT2D eigenvalue weighted by atomic mass is 9.93. The molecule has 1 unspecified atom stereocenters. The van der Waals surface area contributed by atoms with Crippen LogP contribution in [0.2, 0.25) is 0 Å². The van der Waals surface area contributed by atoms with Crippen molar-refractivity contribution in [3.63, 3.8) is 0 Å². The van der Waals surface area contributed by atoms with Crippen molar-refractivity contribution in [3.8, 4) is 0 Å². The molecule has 0 spiro atoms. The molecular weight excluding hydrogens is 120 g/mol. The first-order valence-electron chi connectivity index (χ1n) is 3.76. The van der Waals surface area contributed by atoms with Gasteiger partial charge in [0.1, 0.15) is 0 Å². The van der Waals surface area contributed by atoms with Crippen molar-refractivity contribution < 1.29 is 0 Å². The Balaban J connectivity index is 2.84. The first kappa shape index (κ1) is 7.33. The van der Waals surface area contributed by atoms with Crippen molar-refractivity contribution in [3.05, 3.63) is 35.5 Å². The number of rotatable bonds is 0. The van der Waals surface area contributed by atoms with E-state index in [-0.39, 0.29) is 0 Å². The van der Waals surface area contributed by atoms with Crippen molar-refractivity contribution in [2.45, 2.75) is 20.8 Å². The first-order chi connectivity index (χ1) is 4.74. The number of hydrogen-bond donors (Lipinski definition) is 0. The standard InChI is InChI=1S/C10H14/c1-4-10-6-5-8(2)7-9(10)3/h4-7,9H,1-3H3/b10-4-. The summed E-state index contributed by atoms with van der Waals surface area (Å²) in [7, 11) is 0. The highest BCUT2D eigenvalue weighted by Gasteiger charge is 2.04. The van der Waals surface area contributed by atoms with E-state index in [1.54, 1.807) is 0 Å². The number of hydrogen-bond acceptors (Lipinski definition) is 0. The quantitative estimate of drug-likeness (QED) is 0.477. The monoisotopic (exact) mass is 134 g/mol. The second-order valence-corrected chi connectivity index (χ2v) is 2.82. The molecule has 54 valence electrons. The Morgan fingerprint density at radius 1 is 1.40 bits per heavy atom. The summed E-state index contributed by atoms with van der Waals surface area (Å²) in [6.07, 6.45) is 8.81. The van der Waals surface area contributed by atoms with E-state index in [2.05, 4.69) is 45.1 Å². The van der Waals surface area contributed by atoms with Gasteiger partial charge in [-0.1, -0.05) is 36.8 Å². The van der Waals surface area contributed by atoms with E-state index >= 15 is 0 Å². The molecule has 0 N–H and O–H groups in total. The van der Waals surface area contributed by atoms with Gasteiger partial charge >= 0.3 is 0 Å². The predicted molar refractivity (Wildman–Crippen MR) is 45.8 cm³/mol. The number of allylic oxidation sites excluding steroid dienone is 6. The molecule has 0 heteroatoms. The van der Waals surface area contributed by atoms with Crippen LogP contribution in [0.5, 0.6) is 0 Å². The van der Waals surface area contributed by atoms with Crippen molar-refractivity contribution in [2.24, 2.45) is 5.92 Å². The molecule has 10 heavy (non-hydrogen) atoms. The lowest BCUT2D eigenvalue weighted by Gasteiger charge is -2.12. The summed E-state index contributed by atoms with van der Waals surface area (Å²) in [5, 5.41) is 0. The van der Waals surface area contributed by atoms with Crippen LogP contribution in [0.4, 0.5) is 0 Å². The van der Waals surface area contributed by atoms with Crippen molar-refractivity contribution in [1.82, 2.24) is 0 Å². The highest BCUT2D eigenvalue weighted by Crippen LogP contribution is 2.20. The van der Waals surface area contributed by atoms with E-state index < -0.39 is 0 Å². The molecular formula is C10H14. The Kier molecular flexibility index (Phi) is 2.10. The van der Waals surface area contributed by atoms with E-state index in [9.17, 15) is 0 Å². The Labute approximate surface area is 62.9 Å². The highest BCUT2D eigenvalue weighted by molar-refractivity contribution is 5.36. The predicted octanol–water partition coefficient (Wildman–Crippen LogP) is 3.08. The third kappa shape index (κ3) is 1.38. The fourth-order valence-electron chi connectivity index (χ4n) is 1.28. The molecule has 0 radical (unpaired) electrons. The van der Waals surface area contributed by atoms with Crippen LogP contribution in [0, 0.1) is 5.92 Å². The largest absolute Gasteiger partial charge is 0.0839 e. The fourth-order valence-corrected chi connectivity index (χ4v) is 1.28. The maximum absolute atomic E-state index is 2.29. The summed E-state index contributed by atoms with van der Waals surface area (Å²) in [6.45, 7) is 6.45. The lowest BCUT2D eigenvalue weighted by molar-refractivity contribution is 0.869. The summed E-state index contributed by atoms with van der Waals surface area (Å²) < 4.78 is 0. The van der Waals surface area contributed by atoms with E-state index in [4.69, 9.17) is 0 Å². The molecule has 0 aromatic rings. The van der Waals surface area contributed by atoms with E-state index in [1.165, 1.54) is 11.1 Å². The zero-order valence-corrected chi connectivity index (χ0v) is 6.89. The van der Waals surface area contributed by atoms with Gasteiger partial charge in [-0.25, -0.2) is 0 Å². The van der Waals surface area contributed by atoms with Gasteiger partial charge in [0.2, 0.25) is 0 Å². The molecule has 1 aliphatic rings. The van der Waals surface area contributed by atoms with Crippen LogP contribution in [0.1, 0.15) is 20.8 Å². The fraction of sp³-hybridized carbons (Fsp3) is 0.400. The summed E-state index contributed by atoms with van der Waals surface area (Å²) in [5.41, 5.74) is 2.80. The maximum Gasteiger partial charge on any atom is -0.000799 e. The third-order valence-electron chi connectivity index (χ3n) is 1.91. The maximum atomic E-state index is 2.29. The molecule has 1 rings (SSSR count). The zero-order chi connectivity index (χ0) is 7.56. The van der Waals surface area contributed by atoms with Crippen LogP contribution in [0.3, 0.4) is 0 Å². The summed E-state index contributed by atoms with van der Waals surface area (Å²) in [4.78, 5) is 0. The average molecular weight is 134 g/mol. The Morgan fingerprint density at radius 2 is 2.10 bits per heavy atom. The topological polar surface area (TPSA) is 0 Å². The van der Waals surface area contributed by atoms with Crippen LogP contribution in [-0.2, 0) is 0 Å². The molecule has 0 heterocycles. The second-order valence-electron chi connectivity index (χ2n) is 2.82. The van der Waals surface area contributed by atoms with Crippen molar-refractivity contribution >= 4 is 0 Å². The van der Waals surface area contributed by atoms with Gasteiger partial charge in [0.15, 0.2) is 0 Å². The Morgan fingerprint density at radius 3 is 2.60 bits per heavy atom. The van der Waals surface area contributed by atoms with Gasteiger partial charge in [0.25, 0.3) is 0 Å². The van der Waals surface area contributed by atoms with Crippen LogP contribution >= 0.6 is 0 Å². The molecule has 0 fully saturated rings. The SMILES string of the molecule is C/C=C1/C=CC(C)=CC1C. The minimum absolute atomic E-state index is 0.606. The first-order valence-corrected chi connectivity index (χ1v) is 3.76. The Hall–Kier alpha value is -0.780. The normalized spacial score (nSPS) is 28.9. The summed E-state index contributed by atoms with van der Waals surface area (Å²) in [5.74, 6) is 0.606. The molecule has 0 amide bonds. The molecule has 0 aromatic heterocycles. The van der Waals surface area contributed by atoms with Gasteiger partial charge < -0.3 is 0 Å². The minimum Gasteiger partial charge on any atom is -0.0839 e. The molecule has 0 saturated carbocycles. The van der Waals surface area contributed by atoms with Gasteiger partial charge in [0, 0.05) is 0 Å². The van der Waals surface area contributed by atoms with E-state index in [1.807, 2.05) is 0 Å².